The van der Waals surface area contributed by atoms with Crippen molar-refractivity contribution in [2.45, 2.75) is 19.8 Å². The largest absolute Gasteiger partial charge is 0.468 e. The lowest BCUT2D eigenvalue weighted by Gasteiger charge is -2.14. The molecule has 0 aliphatic carbocycles. The number of rotatable bonds is 3. The minimum Gasteiger partial charge on any atom is -0.468 e. The van der Waals surface area contributed by atoms with Crippen LogP contribution in [-0.4, -0.2) is 37.0 Å². The Morgan fingerprint density at radius 2 is 2.38 bits per heavy atom. The van der Waals surface area contributed by atoms with Crippen LogP contribution in [0.5, 0.6) is 0 Å². The molecule has 0 bridgehead atoms. The summed E-state index contributed by atoms with van der Waals surface area (Å²) in [7, 11) is 1.32. The molecule has 4 heteroatoms. The van der Waals surface area contributed by atoms with E-state index in [1.807, 2.05) is 6.92 Å². The third-order valence-electron chi connectivity index (χ3n) is 2.28. The second-order valence-electron chi connectivity index (χ2n) is 3.19. The van der Waals surface area contributed by atoms with E-state index in [0.717, 1.165) is 13.0 Å². The van der Waals surface area contributed by atoms with Crippen LogP contribution >= 0.6 is 0 Å². The molecule has 1 saturated heterocycles. The summed E-state index contributed by atoms with van der Waals surface area (Å²) in [6, 6.07) is 0. The maximum absolute atomic E-state index is 11.5. The molecule has 0 radical (unpaired) electrons. The van der Waals surface area contributed by atoms with Crippen molar-refractivity contribution in [3.8, 4) is 0 Å². The van der Waals surface area contributed by atoms with Crippen LogP contribution in [-0.2, 0) is 14.3 Å². The number of carbonyl (C=O) groups is 2. The second kappa shape index (κ2) is 4.25. The Morgan fingerprint density at radius 1 is 1.69 bits per heavy atom. The molecule has 0 aromatic carbocycles. The molecule has 74 valence electrons. The normalized spacial score (nSPS) is 22.2. The van der Waals surface area contributed by atoms with Gasteiger partial charge in [-0.2, -0.15) is 0 Å². The number of carbonyl (C=O) groups excluding carboxylic acids is 2. The van der Waals surface area contributed by atoms with Gasteiger partial charge >= 0.3 is 5.97 Å². The van der Waals surface area contributed by atoms with Crippen LogP contribution in [0.25, 0.3) is 0 Å². The zero-order valence-electron chi connectivity index (χ0n) is 8.08. The molecule has 0 N–H and O–H groups in total. The van der Waals surface area contributed by atoms with Crippen molar-refractivity contribution < 1.29 is 14.3 Å². The maximum atomic E-state index is 11.5. The molecule has 1 amide bonds. The van der Waals surface area contributed by atoms with Crippen molar-refractivity contribution in [1.29, 1.82) is 0 Å². The lowest BCUT2D eigenvalue weighted by molar-refractivity contribution is -0.150. The van der Waals surface area contributed by atoms with Gasteiger partial charge in [0.05, 0.1) is 7.11 Å². The molecule has 1 atom stereocenters. The van der Waals surface area contributed by atoms with Gasteiger partial charge in [-0.25, -0.2) is 0 Å². The molecule has 0 saturated carbocycles. The molecule has 1 fully saturated rings. The van der Waals surface area contributed by atoms with E-state index < -0.39 is 11.9 Å². The zero-order chi connectivity index (χ0) is 9.84. The van der Waals surface area contributed by atoms with Crippen molar-refractivity contribution >= 4 is 11.9 Å². The van der Waals surface area contributed by atoms with E-state index in [4.69, 9.17) is 0 Å². The number of esters is 1. The van der Waals surface area contributed by atoms with E-state index in [1.54, 1.807) is 4.90 Å². The first-order chi connectivity index (χ1) is 6.20. The molecule has 0 aromatic heterocycles. The average molecular weight is 185 g/mol. The quantitative estimate of drug-likeness (QED) is 0.473. The monoisotopic (exact) mass is 185 g/mol. The second-order valence-corrected chi connectivity index (χ2v) is 3.19. The van der Waals surface area contributed by atoms with E-state index in [9.17, 15) is 9.59 Å². The number of hydrogen-bond donors (Lipinski definition) is 0. The van der Waals surface area contributed by atoms with Gasteiger partial charge in [-0.3, -0.25) is 9.59 Å². The van der Waals surface area contributed by atoms with E-state index in [0.29, 0.717) is 13.0 Å². The van der Waals surface area contributed by atoms with Crippen LogP contribution < -0.4 is 0 Å². The van der Waals surface area contributed by atoms with Crippen LogP contribution in [0, 0.1) is 5.92 Å². The summed E-state index contributed by atoms with van der Waals surface area (Å²) in [6.07, 6.45) is 1.53. The van der Waals surface area contributed by atoms with Crippen LogP contribution in [0.4, 0.5) is 0 Å². The summed E-state index contributed by atoms with van der Waals surface area (Å²) in [5, 5.41) is 0. The van der Waals surface area contributed by atoms with Gasteiger partial charge in [0.25, 0.3) is 0 Å². The molecule has 1 heterocycles. The third-order valence-corrected chi connectivity index (χ3v) is 2.28. The van der Waals surface area contributed by atoms with Crippen molar-refractivity contribution in [1.82, 2.24) is 4.90 Å². The fourth-order valence-electron chi connectivity index (χ4n) is 1.59. The number of amides is 1. The van der Waals surface area contributed by atoms with Gasteiger partial charge in [0.2, 0.25) is 5.91 Å². The zero-order valence-corrected chi connectivity index (χ0v) is 8.08. The highest BCUT2D eigenvalue weighted by Crippen LogP contribution is 2.19. The first-order valence-electron chi connectivity index (χ1n) is 4.57. The van der Waals surface area contributed by atoms with E-state index in [1.165, 1.54) is 7.11 Å². The van der Waals surface area contributed by atoms with Gasteiger partial charge in [0, 0.05) is 13.1 Å². The van der Waals surface area contributed by atoms with Crippen molar-refractivity contribution in [3.63, 3.8) is 0 Å². The van der Waals surface area contributed by atoms with Crippen LogP contribution in [0.15, 0.2) is 0 Å². The highest BCUT2D eigenvalue weighted by Gasteiger charge is 2.36. The van der Waals surface area contributed by atoms with Gasteiger partial charge in [0.15, 0.2) is 0 Å². The fraction of sp³-hybridized carbons (Fsp3) is 0.778. The number of ether oxygens (including phenoxy) is 1. The summed E-state index contributed by atoms with van der Waals surface area (Å²) in [5.74, 6) is -1.02. The number of likely N-dealkylation sites (tertiary alicyclic amines) is 1. The average Bonchev–Trinajstić information content (AvgIpc) is 2.48. The van der Waals surface area contributed by atoms with Crippen LogP contribution in [0.3, 0.4) is 0 Å². The van der Waals surface area contributed by atoms with Gasteiger partial charge in [0.1, 0.15) is 5.92 Å². The standard InChI is InChI=1S/C9H15NO3/c1-3-5-10-6-4-7(8(10)11)9(12)13-2/h7H,3-6H2,1-2H3. The van der Waals surface area contributed by atoms with Crippen LogP contribution in [0.2, 0.25) is 0 Å². The first-order valence-corrected chi connectivity index (χ1v) is 4.57. The SMILES string of the molecule is CCCN1CCC(C(=O)OC)C1=O. The first kappa shape index (κ1) is 10.0. The van der Waals surface area contributed by atoms with Gasteiger partial charge in [-0.05, 0) is 12.8 Å². The highest BCUT2D eigenvalue weighted by atomic mass is 16.5. The molecule has 1 rings (SSSR count). The predicted molar refractivity (Wildman–Crippen MR) is 47.0 cm³/mol. The Kier molecular flexibility index (Phi) is 3.28. The van der Waals surface area contributed by atoms with E-state index in [-0.39, 0.29) is 5.91 Å². The Hall–Kier alpha value is -1.06. The summed E-state index contributed by atoms with van der Waals surface area (Å²) < 4.78 is 4.54. The smallest absolute Gasteiger partial charge is 0.318 e. The van der Waals surface area contributed by atoms with E-state index in [2.05, 4.69) is 4.74 Å². The summed E-state index contributed by atoms with van der Waals surface area (Å²) >= 11 is 0. The molecule has 4 nitrogen and oxygen atoms in total. The Bertz CT molecular complexity index is 215. The maximum Gasteiger partial charge on any atom is 0.318 e. The molecule has 1 aliphatic rings. The van der Waals surface area contributed by atoms with Crippen molar-refractivity contribution in [2.24, 2.45) is 5.92 Å². The fourth-order valence-corrected chi connectivity index (χ4v) is 1.59. The number of methoxy groups -OCH3 is 1. The molecule has 13 heavy (non-hydrogen) atoms. The van der Waals surface area contributed by atoms with Gasteiger partial charge in [-0.1, -0.05) is 6.92 Å². The predicted octanol–water partition coefficient (Wildman–Crippen LogP) is 0.418. The van der Waals surface area contributed by atoms with Crippen LogP contribution in [0.1, 0.15) is 19.8 Å². The van der Waals surface area contributed by atoms with Crippen molar-refractivity contribution in [2.75, 3.05) is 20.2 Å². The number of hydrogen-bond acceptors (Lipinski definition) is 3. The lowest BCUT2D eigenvalue weighted by atomic mass is 10.1. The molecule has 1 unspecified atom stereocenters. The Morgan fingerprint density at radius 3 is 2.92 bits per heavy atom. The topological polar surface area (TPSA) is 46.6 Å². The Labute approximate surface area is 77.8 Å². The summed E-state index contributed by atoms with van der Waals surface area (Å²) in [5.41, 5.74) is 0. The van der Waals surface area contributed by atoms with Gasteiger partial charge in [-0.15, -0.1) is 0 Å². The van der Waals surface area contributed by atoms with Gasteiger partial charge < -0.3 is 9.64 Å². The molecule has 1 aliphatic heterocycles. The molecular formula is C9H15NO3. The summed E-state index contributed by atoms with van der Waals surface area (Å²) in [4.78, 5) is 24.3. The Balaban J connectivity index is 2.54. The lowest BCUT2D eigenvalue weighted by Crippen LogP contribution is -2.31. The van der Waals surface area contributed by atoms with E-state index >= 15 is 0 Å². The molecule has 0 spiro atoms. The minimum absolute atomic E-state index is 0.0753. The summed E-state index contributed by atoms with van der Waals surface area (Å²) in [6.45, 7) is 3.44. The highest BCUT2D eigenvalue weighted by molar-refractivity contribution is 5.99. The van der Waals surface area contributed by atoms with Crippen molar-refractivity contribution in [3.05, 3.63) is 0 Å². The molecular weight excluding hydrogens is 170 g/mol. The third kappa shape index (κ3) is 1.99. The number of nitrogens with zero attached hydrogens (tertiary/aromatic N) is 1. The minimum atomic E-state index is -0.545. The molecule has 0 aromatic rings.